The number of nitrogens with one attached hydrogen (secondary N) is 1. The third-order valence-corrected chi connectivity index (χ3v) is 3.06. The molecule has 0 aromatic rings. The predicted octanol–water partition coefficient (Wildman–Crippen LogP) is 1.92. The first kappa shape index (κ1) is 9.85. The van der Waals surface area contributed by atoms with E-state index in [1.807, 2.05) is 13.8 Å². The van der Waals surface area contributed by atoms with Crippen LogP contribution >= 0.6 is 11.6 Å². The molecule has 0 aromatic heterocycles. The number of alkyl halides is 1. The second-order valence-corrected chi connectivity index (χ2v) is 4.39. The fraction of sp³-hybridized carbons (Fsp3) is 0.889. The molecule has 0 aliphatic heterocycles. The van der Waals surface area contributed by atoms with E-state index >= 15 is 0 Å². The highest BCUT2D eigenvalue weighted by molar-refractivity contribution is 6.19. The highest BCUT2D eigenvalue weighted by Gasteiger charge is 2.29. The van der Waals surface area contributed by atoms with Crippen molar-refractivity contribution in [3.8, 4) is 0 Å². The summed E-state index contributed by atoms with van der Waals surface area (Å²) in [7, 11) is 0. The molecule has 0 bridgehead atoms. The molecular formula is C9H16ClNO. The minimum Gasteiger partial charge on any atom is -0.353 e. The van der Waals surface area contributed by atoms with Crippen LogP contribution in [0.25, 0.3) is 0 Å². The molecule has 1 amide bonds. The molecular weight excluding hydrogens is 174 g/mol. The van der Waals surface area contributed by atoms with Crippen LogP contribution < -0.4 is 5.32 Å². The van der Waals surface area contributed by atoms with Crippen LogP contribution in [-0.2, 0) is 4.79 Å². The van der Waals surface area contributed by atoms with Crippen molar-refractivity contribution < 1.29 is 4.79 Å². The summed E-state index contributed by atoms with van der Waals surface area (Å²) in [5, 5.41) is 2.98. The van der Waals surface area contributed by atoms with Gasteiger partial charge in [-0.1, -0.05) is 0 Å². The molecule has 0 radical (unpaired) electrons. The van der Waals surface area contributed by atoms with Crippen molar-refractivity contribution in [1.29, 1.82) is 0 Å². The molecule has 0 heterocycles. The molecule has 0 atom stereocenters. The van der Waals surface area contributed by atoms with Crippen LogP contribution in [0.3, 0.4) is 0 Å². The molecule has 70 valence electrons. The second-order valence-electron chi connectivity index (χ2n) is 4.12. The van der Waals surface area contributed by atoms with E-state index in [1.54, 1.807) is 0 Å². The van der Waals surface area contributed by atoms with E-state index in [2.05, 4.69) is 5.32 Å². The molecule has 1 aliphatic carbocycles. The van der Waals surface area contributed by atoms with Gasteiger partial charge in [0.2, 0.25) is 5.91 Å². The number of hydrogen-bond acceptors (Lipinski definition) is 1. The Morgan fingerprint density at radius 3 is 2.50 bits per heavy atom. The van der Waals surface area contributed by atoms with Gasteiger partial charge in [0, 0.05) is 11.9 Å². The van der Waals surface area contributed by atoms with Crippen molar-refractivity contribution in [3.63, 3.8) is 0 Å². The average molecular weight is 190 g/mol. The normalized spacial score (nSPS) is 18.6. The maximum Gasteiger partial charge on any atom is 0.227 e. The summed E-state index contributed by atoms with van der Waals surface area (Å²) in [6.45, 7) is 3.74. The lowest BCUT2D eigenvalue weighted by molar-refractivity contribution is -0.129. The lowest BCUT2D eigenvalue weighted by Crippen LogP contribution is -2.46. The molecule has 0 unspecified atom stereocenters. The van der Waals surface area contributed by atoms with Crippen molar-refractivity contribution >= 4 is 17.5 Å². The van der Waals surface area contributed by atoms with Gasteiger partial charge in [-0.3, -0.25) is 4.79 Å². The molecule has 0 aromatic carbocycles. The van der Waals surface area contributed by atoms with Gasteiger partial charge in [-0.2, -0.15) is 0 Å². The highest BCUT2D eigenvalue weighted by Crippen LogP contribution is 2.22. The van der Waals surface area contributed by atoms with Crippen LogP contribution in [0.15, 0.2) is 0 Å². The zero-order chi connectivity index (χ0) is 9.19. The Bertz CT molecular complexity index is 175. The minimum atomic E-state index is -0.419. The van der Waals surface area contributed by atoms with Gasteiger partial charge in [-0.25, -0.2) is 0 Å². The van der Waals surface area contributed by atoms with Crippen LogP contribution in [0.1, 0.15) is 33.1 Å². The number of carbonyl (C=O) groups excluding carboxylic acids is 1. The van der Waals surface area contributed by atoms with Gasteiger partial charge in [-0.05, 0) is 33.1 Å². The molecule has 12 heavy (non-hydrogen) atoms. The van der Waals surface area contributed by atoms with Crippen LogP contribution in [0, 0.1) is 5.41 Å². The molecule has 3 heteroatoms. The summed E-state index contributed by atoms with van der Waals surface area (Å²) in [4.78, 5) is 11.5. The number of halogens is 1. The summed E-state index contributed by atoms with van der Waals surface area (Å²) in [5.74, 6) is 0.466. The van der Waals surface area contributed by atoms with Gasteiger partial charge >= 0.3 is 0 Å². The van der Waals surface area contributed by atoms with Gasteiger partial charge in [0.1, 0.15) is 0 Å². The fourth-order valence-electron chi connectivity index (χ4n) is 0.994. The van der Waals surface area contributed by atoms with E-state index in [0.29, 0.717) is 11.9 Å². The van der Waals surface area contributed by atoms with Crippen LogP contribution in [0.5, 0.6) is 0 Å². The molecule has 1 aliphatic rings. The zero-order valence-electron chi connectivity index (χ0n) is 7.69. The topological polar surface area (TPSA) is 29.1 Å². The van der Waals surface area contributed by atoms with Crippen LogP contribution in [-0.4, -0.2) is 17.8 Å². The Morgan fingerprint density at radius 1 is 1.58 bits per heavy atom. The quantitative estimate of drug-likeness (QED) is 0.676. The first-order valence-corrected chi connectivity index (χ1v) is 4.96. The highest BCUT2D eigenvalue weighted by atomic mass is 35.5. The Morgan fingerprint density at radius 2 is 2.17 bits per heavy atom. The van der Waals surface area contributed by atoms with E-state index in [0.717, 1.165) is 12.8 Å². The number of carbonyl (C=O) groups is 1. The number of hydrogen-bond donors (Lipinski definition) is 1. The molecule has 2 nitrogen and oxygen atoms in total. The zero-order valence-corrected chi connectivity index (χ0v) is 8.45. The lowest BCUT2D eigenvalue weighted by Gasteiger charge is -2.30. The first-order chi connectivity index (χ1) is 5.56. The Balaban J connectivity index is 2.35. The smallest absolute Gasteiger partial charge is 0.227 e. The Labute approximate surface area is 78.7 Å². The van der Waals surface area contributed by atoms with E-state index < -0.39 is 5.41 Å². The number of rotatable bonds is 3. The van der Waals surface area contributed by atoms with E-state index in [4.69, 9.17) is 11.6 Å². The molecule has 1 saturated carbocycles. The third kappa shape index (κ3) is 2.13. The molecule has 1 rings (SSSR count). The molecule has 0 spiro atoms. The van der Waals surface area contributed by atoms with Crippen molar-refractivity contribution in [2.45, 2.75) is 39.2 Å². The predicted molar refractivity (Wildman–Crippen MR) is 50.3 cm³/mol. The van der Waals surface area contributed by atoms with Crippen molar-refractivity contribution in [3.05, 3.63) is 0 Å². The summed E-state index contributed by atoms with van der Waals surface area (Å²) < 4.78 is 0. The summed E-state index contributed by atoms with van der Waals surface area (Å²) in [6, 6.07) is 0.417. The summed E-state index contributed by atoms with van der Waals surface area (Å²) in [5.41, 5.74) is -0.419. The third-order valence-electron chi connectivity index (χ3n) is 2.39. The summed E-state index contributed by atoms with van der Waals surface area (Å²) in [6.07, 6.45) is 3.50. The standard InChI is InChI=1S/C9H16ClNO/c1-9(2,6-10)8(12)11-7-4-3-5-7/h7H,3-6H2,1-2H3,(H,11,12). The van der Waals surface area contributed by atoms with Crippen molar-refractivity contribution in [2.24, 2.45) is 5.41 Å². The molecule has 1 N–H and O–H groups in total. The van der Waals surface area contributed by atoms with E-state index in [9.17, 15) is 4.79 Å². The van der Waals surface area contributed by atoms with Gasteiger partial charge in [0.05, 0.1) is 5.41 Å². The molecule has 0 saturated heterocycles. The Hall–Kier alpha value is -0.240. The monoisotopic (exact) mass is 189 g/mol. The van der Waals surface area contributed by atoms with E-state index in [-0.39, 0.29) is 5.91 Å². The second kappa shape index (κ2) is 3.65. The maximum atomic E-state index is 11.5. The first-order valence-electron chi connectivity index (χ1n) is 4.43. The molecule has 1 fully saturated rings. The fourth-order valence-corrected chi connectivity index (χ4v) is 1.12. The minimum absolute atomic E-state index is 0.0854. The van der Waals surface area contributed by atoms with Gasteiger partial charge in [0.25, 0.3) is 0 Å². The van der Waals surface area contributed by atoms with Crippen LogP contribution in [0.2, 0.25) is 0 Å². The van der Waals surface area contributed by atoms with Crippen molar-refractivity contribution in [2.75, 3.05) is 5.88 Å². The van der Waals surface area contributed by atoms with Gasteiger partial charge in [0.15, 0.2) is 0 Å². The largest absolute Gasteiger partial charge is 0.353 e. The van der Waals surface area contributed by atoms with E-state index in [1.165, 1.54) is 6.42 Å². The summed E-state index contributed by atoms with van der Waals surface area (Å²) >= 11 is 5.67. The lowest BCUT2D eigenvalue weighted by atomic mass is 9.89. The Kier molecular flexibility index (Phi) is 2.99. The maximum absolute atomic E-state index is 11.5. The SMILES string of the molecule is CC(C)(CCl)C(=O)NC1CCC1. The average Bonchev–Trinajstić information content (AvgIpc) is 1.96. The van der Waals surface area contributed by atoms with Crippen LogP contribution in [0.4, 0.5) is 0 Å². The van der Waals surface area contributed by atoms with Gasteiger partial charge in [-0.15, -0.1) is 11.6 Å². The number of amides is 1. The van der Waals surface area contributed by atoms with Gasteiger partial charge < -0.3 is 5.32 Å². The van der Waals surface area contributed by atoms with Crippen molar-refractivity contribution in [1.82, 2.24) is 5.32 Å².